The number of benzene rings is 3. The summed E-state index contributed by atoms with van der Waals surface area (Å²) in [4.78, 5) is 1.47. The molecule has 3 heteroatoms. The van der Waals surface area contributed by atoms with E-state index in [4.69, 9.17) is 4.74 Å². The van der Waals surface area contributed by atoms with Gasteiger partial charge in [-0.3, -0.25) is 0 Å². The molecule has 2 aromatic heterocycles. The maximum absolute atomic E-state index is 5.55. The maximum Gasteiger partial charge on any atom is 0.119 e. The first-order valence-corrected chi connectivity index (χ1v) is 11.8. The van der Waals surface area contributed by atoms with Crippen LogP contribution in [0, 0.1) is 0 Å². The summed E-state index contributed by atoms with van der Waals surface area (Å²) in [7, 11) is 0. The van der Waals surface area contributed by atoms with Crippen molar-refractivity contribution in [3.63, 3.8) is 0 Å². The monoisotopic (exact) mass is 412 g/mol. The summed E-state index contributed by atoms with van der Waals surface area (Å²) >= 11 is 3.77. The lowest BCUT2D eigenvalue weighted by atomic mass is 9.77. The summed E-state index contributed by atoms with van der Waals surface area (Å²) < 4.78 is 8.34. The molecule has 1 nitrogen and oxygen atoms in total. The van der Waals surface area contributed by atoms with Crippen molar-refractivity contribution >= 4 is 42.8 Å². The Morgan fingerprint density at radius 2 is 1.52 bits per heavy atom. The molecular weight excluding hydrogens is 392 g/mol. The van der Waals surface area contributed by atoms with Gasteiger partial charge in [-0.25, -0.2) is 0 Å². The minimum Gasteiger partial charge on any atom is -0.494 e. The number of hydrogen-bond donors (Lipinski definition) is 0. The van der Waals surface area contributed by atoms with E-state index in [1.165, 1.54) is 52.9 Å². The highest BCUT2D eigenvalue weighted by atomic mass is 32.1. The van der Waals surface area contributed by atoms with Crippen molar-refractivity contribution in [2.24, 2.45) is 0 Å². The molecule has 6 rings (SSSR count). The molecule has 1 aliphatic rings. The lowest BCUT2D eigenvalue weighted by Gasteiger charge is -2.25. The molecule has 0 atom stereocenters. The number of ether oxygens (including phenoxy) is 1. The number of rotatable bonds is 5. The zero-order valence-corrected chi connectivity index (χ0v) is 17.8. The fourth-order valence-corrected chi connectivity index (χ4v) is 6.32. The van der Waals surface area contributed by atoms with E-state index in [2.05, 4.69) is 66.0 Å². The molecule has 142 valence electrons. The minimum absolute atomic E-state index is 0.715. The van der Waals surface area contributed by atoms with Crippen LogP contribution in [0.15, 0.2) is 66.0 Å². The Morgan fingerprint density at radius 3 is 2.31 bits per heavy atom. The van der Waals surface area contributed by atoms with E-state index in [1.54, 1.807) is 0 Å². The molecular formula is C26H20OS2. The quantitative estimate of drug-likeness (QED) is 0.279. The number of hydrogen-bond acceptors (Lipinski definition) is 3. The Morgan fingerprint density at radius 1 is 0.759 bits per heavy atom. The Labute approximate surface area is 178 Å². The van der Waals surface area contributed by atoms with Crippen LogP contribution in [0.1, 0.15) is 17.4 Å². The summed E-state index contributed by atoms with van der Waals surface area (Å²) in [6.45, 7) is 2.73. The largest absolute Gasteiger partial charge is 0.494 e. The average Bonchev–Trinajstić information content (AvgIpc) is 3.35. The van der Waals surface area contributed by atoms with Crippen LogP contribution >= 0.6 is 22.7 Å². The van der Waals surface area contributed by atoms with E-state index in [1.807, 2.05) is 29.6 Å². The summed E-state index contributed by atoms with van der Waals surface area (Å²) in [5.74, 6) is 0.954. The van der Waals surface area contributed by atoms with Crippen LogP contribution in [-0.4, -0.2) is 6.61 Å². The molecule has 29 heavy (non-hydrogen) atoms. The standard InChI is InChI=1S/C26H20OS2/c1-2-27-17-6-3-16(4-7-17)5-8-18-15-22-24(29-18)12-10-21-25-19-13-14-28-23(19)11-9-20(25)26(21)22/h3-4,6-7,9-15H,2,5,8H2,1H3. The first-order chi connectivity index (χ1) is 14.3. The number of thiophene rings is 2. The third-order valence-electron chi connectivity index (χ3n) is 5.82. The zero-order valence-electron chi connectivity index (χ0n) is 16.2. The van der Waals surface area contributed by atoms with Gasteiger partial charge in [-0.05, 0) is 89.4 Å². The highest BCUT2D eigenvalue weighted by Crippen LogP contribution is 2.55. The van der Waals surface area contributed by atoms with Crippen molar-refractivity contribution in [1.82, 2.24) is 0 Å². The fraction of sp³-hybridized carbons (Fsp3) is 0.154. The van der Waals surface area contributed by atoms with Crippen molar-refractivity contribution in [2.45, 2.75) is 19.8 Å². The zero-order chi connectivity index (χ0) is 19.4. The van der Waals surface area contributed by atoms with Crippen LogP contribution in [0.3, 0.4) is 0 Å². The summed E-state index contributed by atoms with van der Waals surface area (Å²) in [6, 6.07) is 22.4. The van der Waals surface area contributed by atoms with E-state index in [0.717, 1.165) is 18.6 Å². The van der Waals surface area contributed by atoms with Gasteiger partial charge in [0.15, 0.2) is 0 Å². The summed E-state index contributed by atoms with van der Waals surface area (Å²) in [5, 5.41) is 5.03. The molecule has 3 aromatic carbocycles. The molecule has 0 aliphatic heterocycles. The molecule has 2 heterocycles. The molecule has 0 amide bonds. The van der Waals surface area contributed by atoms with Crippen LogP contribution in [-0.2, 0) is 12.8 Å². The van der Waals surface area contributed by atoms with Crippen molar-refractivity contribution in [3.8, 4) is 28.0 Å². The Balaban J connectivity index is 1.30. The Kier molecular flexibility index (Phi) is 4.00. The SMILES string of the molecule is CCOc1ccc(CCc2cc3c4c(ccc3s2)-c2c-4ccc3sccc23)cc1. The topological polar surface area (TPSA) is 9.23 Å². The number of fused-ring (bicyclic) bond motifs is 8. The molecule has 0 radical (unpaired) electrons. The molecule has 0 spiro atoms. The molecule has 0 saturated heterocycles. The maximum atomic E-state index is 5.55. The van der Waals surface area contributed by atoms with Gasteiger partial charge in [0.05, 0.1) is 6.61 Å². The first-order valence-electron chi connectivity index (χ1n) is 10.1. The van der Waals surface area contributed by atoms with Crippen LogP contribution < -0.4 is 4.74 Å². The van der Waals surface area contributed by atoms with Gasteiger partial charge < -0.3 is 4.74 Å². The van der Waals surface area contributed by atoms with E-state index in [9.17, 15) is 0 Å². The van der Waals surface area contributed by atoms with E-state index >= 15 is 0 Å². The lowest BCUT2D eigenvalue weighted by Crippen LogP contribution is -1.98. The summed E-state index contributed by atoms with van der Waals surface area (Å²) in [6.07, 6.45) is 2.14. The van der Waals surface area contributed by atoms with Crippen molar-refractivity contribution in [1.29, 1.82) is 0 Å². The van der Waals surface area contributed by atoms with Gasteiger partial charge in [0.2, 0.25) is 0 Å². The minimum atomic E-state index is 0.715. The molecule has 0 unspecified atom stereocenters. The van der Waals surface area contributed by atoms with E-state index in [0.29, 0.717) is 6.61 Å². The predicted octanol–water partition coefficient (Wildman–Crippen LogP) is 7.95. The van der Waals surface area contributed by atoms with Crippen molar-refractivity contribution < 1.29 is 4.74 Å². The molecule has 1 aliphatic carbocycles. The normalized spacial score (nSPS) is 12.0. The fourth-order valence-electron chi connectivity index (χ4n) is 4.45. The second-order valence-electron chi connectivity index (χ2n) is 7.51. The first kappa shape index (κ1) is 17.3. The van der Waals surface area contributed by atoms with Gasteiger partial charge in [-0.2, -0.15) is 0 Å². The second kappa shape index (κ2) is 6.72. The van der Waals surface area contributed by atoms with Gasteiger partial charge in [0.1, 0.15) is 5.75 Å². The third-order valence-corrected chi connectivity index (χ3v) is 7.86. The molecule has 0 bridgehead atoms. The highest BCUT2D eigenvalue weighted by molar-refractivity contribution is 7.19. The van der Waals surface area contributed by atoms with Gasteiger partial charge in [0.25, 0.3) is 0 Å². The van der Waals surface area contributed by atoms with Crippen molar-refractivity contribution in [3.05, 3.63) is 76.5 Å². The molecule has 0 fully saturated rings. The molecule has 5 aromatic rings. The lowest BCUT2D eigenvalue weighted by molar-refractivity contribution is 0.340. The highest BCUT2D eigenvalue weighted by Gasteiger charge is 2.27. The van der Waals surface area contributed by atoms with Gasteiger partial charge >= 0.3 is 0 Å². The summed E-state index contributed by atoms with van der Waals surface area (Å²) in [5.41, 5.74) is 7.11. The van der Waals surface area contributed by atoms with Gasteiger partial charge in [0, 0.05) is 25.0 Å². The van der Waals surface area contributed by atoms with E-state index < -0.39 is 0 Å². The van der Waals surface area contributed by atoms with Crippen LogP contribution in [0.25, 0.3) is 42.4 Å². The van der Waals surface area contributed by atoms with Crippen molar-refractivity contribution in [2.75, 3.05) is 6.61 Å². The van der Waals surface area contributed by atoms with Gasteiger partial charge in [-0.1, -0.05) is 24.3 Å². The van der Waals surface area contributed by atoms with Gasteiger partial charge in [-0.15, -0.1) is 22.7 Å². The second-order valence-corrected chi connectivity index (χ2v) is 9.63. The predicted molar refractivity (Wildman–Crippen MR) is 127 cm³/mol. The van der Waals surface area contributed by atoms with E-state index in [-0.39, 0.29) is 0 Å². The van der Waals surface area contributed by atoms with Crippen LogP contribution in [0.2, 0.25) is 0 Å². The average molecular weight is 413 g/mol. The third kappa shape index (κ3) is 2.72. The smallest absolute Gasteiger partial charge is 0.119 e. The molecule has 0 N–H and O–H groups in total. The Bertz CT molecular complexity index is 1360. The number of aryl methyl sites for hydroxylation is 2. The van der Waals surface area contributed by atoms with Crippen LogP contribution in [0.4, 0.5) is 0 Å². The Hall–Kier alpha value is -2.62. The van der Waals surface area contributed by atoms with Crippen LogP contribution in [0.5, 0.6) is 5.75 Å². The molecule has 0 saturated carbocycles.